The number of rotatable bonds is 4. The smallest absolute Gasteiger partial charge is 0.128 e. The molecule has 1 N–H and O–H groups in total. The van der Waals surface area contributed by atoms with Crippen molar-refractivity contribution >= 4 is 5.82 Å². The number of nitrogens with one attached hydrogen (secondary N) is 1. The van der Waals surface area contributed by atoms with Gasteiger partial charge in [-0.3, -0.25) is 0 Å². The quantitative estimate of drug-likeness (QED) is 0.883. The molecule has 1 aromatic rings. The molecule has 1 aliphatic heterocycles. The first kappa shape index (κ1) is 13.3. The maximum Gasteiger partial charge on any atom is 0.128 e. The lowest BCUT2D eigenvalue weighted by atomic mass is 10.2. The minimum absolute atomic E-state index is 0.288. The van der Waals surface area contributed by atoms with Gasteiger partial charge in [-0.1, -0.05) is 13.0 Å². The molecule has 0 amide bonds. The third-order valence-corrected chi connectivity index (χ3v) is 3.16. The number of nitrogens with zero attached hydrogens (tertiary/aromatic N) is 2. The fraction of sp³-hybridized carbons (Fsp3) is 0.643. The van der Waals surface area contributed by atoms with Crippen molar-refractivity contribution in [2.24, 2.45) is 0 Å². The van der Waals surface area contributed by atoms with E-state index < -0.39 is 0 Å². The molecule has 4 nitrogen and oxygen atoms in total. The first-order chi connectivity index (χ1) is 8.79. The molecule has 0 aromatic carbocycles. The van der Waals surface area contributed by atoms with Crippen LogP contribution in [0.15, 0.2) is 18.3 Å². The highest BCUT2D eigenvalue weighted by Crippen LogP contribution is 2.15. The Balaban J connectivity index is 1.99. The fourth-order valence-electron chi connectivity index (χ4n) is 2.18. The van der Waals surface area contributed by atoms with Crippen molar-refractivity contribution in [3.05, 3.63) is 23.9 Å². The van der Waals surface area contributed by atoms with E-state index in [4.69, 9.17) is 4.74 Å². The van der Waals surface area contributed by atoms with Gasteiger partial charge in [0.05, 0.1) is 6.10 Å². The predicted octanol–water partition coefficient (Wildman–Crippen LogP) is 1.81. The Kier molecular flexibility index (Phi) is 4.96. The van der Waals surface area contributed by atoms with Gasteiger partial charge in [-0.05, 0) is 31.5 Å². The average molecular weight is 249 g/mol. The number of anilines is 1. The zero-order valence-corrected chi connectivity index (χ0v) is 11.4. The van der Waals surface area contributed by atoms with E-state index in [0.29, 0.717) is 0 Å². The molecule has 1 aliphatic rings. The molecule has 1 aromatic heterocycles. The molecule has 2 rings (SSSR count). The second-order valence-corrected chi connectivity index (χ2v) is 4.79. The normalized spacial score (nSPS) is 20.8. The van der Waals surface area contributed by atoms with Gasteiger partial charge >= 0.3 is 0 Å². The summed E-state index contributed by atoms with van der Waals surface area (Å²) in [5, 5.41) is 3.31. The Morgan fingerprint density at radius 2 is 2.39 bits per heavy atom. The lowest BCUT2D eigenvalue weighted by Crippen LogP contribution is -2.30. The van der Waals surface area contributed by atoms with E-state index >= 15 is 0 Å². The molecule has 0 aliphatic carbocycles. The van der Waals surface area contributed by atoms with Gasteiger partial charge < -0.3 is 15.0 Å². The molecule has 0 spiro atoms. The van der Waals surface area contributed by atoms with Crippen molar-refractivity contribution in [3.63, 3.8) is 0 Å². The fourth-order valence-corrected chi connectivity index (χ4v) is 2.18. The summed E-state index contributed by atoms with van der Waals surface area (Å²) in [5.41, 5.74) is 1.24. The van der Waals surface area contributed by atoms with Gasteiger partial charge in [-0.2, -0.15) is 0 Å². The zero-order chi connectivity index (χ0) is 12.8. The van der Waals surface area contributed by atoms with E-state index in [-0.39, 0.29) is 6.10 Å². The molecule has 1 saturated heterocycles. The van der Waals surface area contributed by atoms with Crippen molar-refractivity contribution in [3.8, 4) is 0 Å². The first-order valence-corrected chi connectivity index (χ1v) is 6.81. The molecule has 0 bridgehead atoms. The van der Waals surface area contributed by atoms with Crippen molar-refractivity contribution in [2.45, 2.75) is 32.9 Å². The van der Waals surface area contributed by atoms with Crippen molar-refractivity contribution in [1.29, 1.82) is 0 Å². The highest BCUT2D eigenvalue weighted by atomic mass is 16.5. The molecule has 2 heterocycles. The second kappa shape index (κ2) is 6.71. The van der Waals surface area contributed by atoms with Crippen LogP contribution in [0.2, 0.25) is 0 Å². The summed E-state index contributed by atoms with van der Waals surface area (Å²) in [6, 6.07) is 4.27. The van der Waals surface area contributed by atoms with Gasteiger partial charge in [0, 0.05) is 32.4 Å². The minimum Gasteiger partial charge on any atom is -0.377 e. The van der Waals surface area contributed by atoms with E-state index in [2.05, 4.69) is 41.2 Å². The van der Waals surface area contributed by atoms with Crippen LogP contribution >= 0.6 is 0 Å². The van der Waals surface area contributed by atoms with Crippen LogP contribution in [0, 0.1) is 0 Å². The highest BCUT2D eigenvalue weighted by molar-refractivity contribution is 5.39. The van der Waals surface area contributed by atoms with Gasteiger partial charge in [0.2, 0.25) is 0 Å². The largest absolute Gasteiger partial charge is 0.377 e. The second-order valence-electron chi connectivity index (χ2n) is 4.79. The molecule has 0 radical (unpaired) electrons. The van der Waals surface area contributed by atoms with Crippen LogP contribution in [0.5, 0.6) is 0 Å². The van der Waals surface area contributed by atoms with E-state index in [1.807, 2.05) is 6.20 Å². The lowest BCUT2D eigenvalue weighted by molar-refractivity contribution is 0.0820. The SMILES string of the molecule is CCNCc1ccc(N2CCCOC(C)C2)nc1. The average Bonchev–Trinajstić information content (AvgIpc) is 2.62. The van der Waals surface area contributed by atoms with E-state index in [9.17, 15) is 0 Å². The standard InChI is InChI=1S/C14H23N3O/c1-3-15-9-13-5-6-14(16-10-13)17-7-4-8-18-12(2)11-17/h5-6,10,12,15H,3-4,7-9,11H2,1-2H3. The number of pyridine rings is 1. The number of ether oxygens (including phenoxy) is 1. The predicted molar refractivity (Wildman–Crippen MR) is 73.9 cm³/mol. The van der Waals surface area contributed by atoms with E-state index in [0.717, 1.165) is 45.0 Å². The molecule has 1 atom stereocenters. The molecule has 4 heteroatoms. The van der Waals surface area contributed by atoms with Crippen LogP contribution < -0.4 is 10.2 Å². The number of hydrogen-bond acceptors (Lipinski definition) is 4. The zero-order valence-electron chi connectivity index (χ0n) is 11.4. The summed E-state index contributed by atoms with van der Waals surface area (Å²) in [5.74, 6) is 1.06. The van der Waals surface area contributed by atoms with Crippen LogP contribution in [0.4, 0.5) is 5.82 Å². The monoisotopic (exact) mass is 249 g/mol. The Labute approximate surface area is 109 Å². The van der Waals surface area contributed by atoms with Crippen molar-refractivity contribution in [1.82, 2.24) is 10.3 Å². The van der Waals surface area contributed by atoms with Crippen LogP contribution in [0.25, 0.3) is 0 Å². The third kappa shape index (κ3) is 3.68. The van der Waals surface area contributed by atoms with Crippen LogP contribution in [0.1, 0.15) is 25.8 Å². The van der Waals surface area contributed by atoms with Crippen molar-refractivity contribution < 1.29 is 4.74 Å². The van der Waals surface area contributed by atoms with Crippen LogP contribution in [0.3, 0.4) is 0 Å². The minimum atomic E-state index is 0.288. The summed E-state index contributed by atoms with van der Waals surface area (Å²) < 4.78 is 5.65. The summed E-state index contributed by atoms with van der Waals surface area (Å²) in [6.07, 6.45) is 3.33. The molecular weight excluding hydrogens is 226 g/mol. The Morgan fingerprint density at radius 1 is 1.50 bits per heavy atom. The molecule has 100 valence electrons. The molecule has 0 saturated carbocycles. The van der Waals surface area contributed by atoms with Gasteiger partial charge in [0.25, 0.3) is 0 Å². The van der Waals surface area contributed by atoms with Gasteiger partial charge in [0.1, 0.15) is 5.82 Å². The van der Waals surface area contributed by atoms with Gasteiger partial charge in [-0.15, -0.1) is 0 Å². The van der Waals surface area contributed by atoms with Crippen LogP contribution in [-0.2, 0) is 11.3 Å². The maximum absolute atomic E-state index is 5.65. The number of hydrogen-bond donors (Lipinski definition) is 1. The number of aromatic nitrogens is 1. The lowest BCUT2D eigenvalue weighted by Gasteiger charge is -2.23. The Hall–Kier alpha value is -1.13. The first-order valence-electron chi connectivity index (χ1n) is 6.81. The molecular formula is C14H23N3O. The van der Waals surface area contributed by atoms with Crippen LogP contribution in [-0.4, -0.2) is 37.3 Å². The van der Waals surface area contributed by atoms with Gasteiger partial charge in [0.15, 0.2) is 0 Å². The molecule has 1 unspecified atom stereocenters. The Bertz CT molecular complexity index is 353. The highest BCUT2D eigenvalue weighted by Gasteiger charge is 2.15. The summed E-state index contributed by atoms with van der Waals surface area (Å²) in [4.78, 5) is 6.88. The molecule has 1 fully saturated rings. The summed E-state index contributed by atoms with van der Waals surface area (Å²) >= 11 is 0. The maximum atomic E-state index is 5.65. The molecule has 18 heavy (non-hydrogen) atoms. The summed E-state index contributed by atoms with van der Waals surface area (Å²) in [7, 11) is 0. The summed E-state index contributed by atoms with van der Waals surface area (Å²) in [6.45, 7) is 8.93. The third-order valence-electron chi connectivity index (χ3n) is 3.16. The Morgan fingerprint density at radius 3 is 3.11 bits per heavy atom. The van der Waals surface area contributed by atoms with E-state index in [1.165, 1.54) is 5.56 Å². The van der Waals surface area contributed by atoms with E-state index in [1.54, 1.807) is 0 Å². The topological polar surface area (TPSA) is 37.4 Å². The van der Waals surface area contributed by atoms with Gasteiger partial charge in [-0.25, -0.2) is 4.98 Å². The van der Waals surface area contributed by atoms with Crippen molar-refractivity contribution in [2.75, 3.05) is 31.1 Å².